The molecule has 0 saturated heterocycles. The molecule has 0 N–H and O–H groups in total. The maximum Gasteiger partial charge on any atom is 0.0531 e. The number of rotatable bonds is 6. The Balaban J connectivity index is 1.14. The summed E-state index contributed by atoms with van der Waals surface area (Å²) in [5.74, 6) is 0. The fraction of sp³-hybridized carbons (Fsp3) is 0.148. The maximum atomic E-state index is 2.63. The van der Waals surface area contributed by atoms with Crippen LogP contribution in [0.2, 0.25) is 0 Å². The van der Waals surface area contributed by atoms with Crippen LogP contribution in [-0.2, 0) is 25.7 Å². The molecule has 0 aromatic heterocycles. The Labute approximate surface area is 323 Å². The van der Waals surface area contributed by atoms with Crippen molar-refractivity contribution >= 4 is 49.4 Å². The van der Waals surface area contributed by atoms with Gasteiger partial charge in [-0.3, -0.25) is 0 Å². The van der Waals surface area contributed by atoms with Gasteiger partial charge in [-0.25, -0.2) is 0 Å². The predicted octanol–water partition coefficient (Wildman–Crippen LogP) is 14.8. The molecule has 1 heteroatoms. The van der Waals surface area contributed by atoms with Crippen LogP contribution in [0.5, 0.6) is 0 Å². The van der Waals surface area contributed by atoms with E-state index in [9.17, 15) is 0 Å². The number of hydrogen-bond acceptors (Lipinski definition) is 1. The molecule has 2 aliphatic carbocycles. The third-order valence-electron chi connectivity index (χ3n) is 12.6. The highest BCUT2D eigenvalue weighted by atomic mass is 15.1. The second kappa shape index (κ2) is 13.3. The Kier molecular flexibility index (Phi) is 7.80. The van der Waals surface area contributed by atoms with E-state index in [0.717, 1.165) is 25.7 Å². The first-order valence-corrected chi connectivity index (χ1v) is 20.3. The maximum absolute atomic E-state index is 2.63. The largest absolute Gasteiger partial charge is 0.310 e. The van der Waals surface area contributed by atoms with Gasteiger partial charge in [-0.05, 0) is 176 Å². The molecule has 0 fully saturated rings. The minimum absolute atomic E-state index is 1.11. The van der Waals surface area contributed by atoms with Crippen molar-refractivity contribution in [2.24, 2.45) is 0 Å². The Morgan fingerprint density at radius 1 is 0.309 bits per heavy atom. The zero-order chi connectivity index (χ0) is 36.3. The zero-order valence-electron chi connectivity index (χ0n) is 31.2. The van der Waals surface area contributed by atoms with Gasteiger partial charge in [0.25, 0.3) is 0 Å². The van der Waals surface area contributed by atoms with Crippen LogP contribution in [0.1, 0.15) is 47.9 Å². The second-order valence-electron chi connectivity index (χ2n) is 15.7. The van der Waals surface area contributed by atoms with Crippen LogP contribution >= 0.6 is 0 Å². The molecular weight excluding hydrogens is 663 g/mol. The van der Waals surface area contributed by atoms with E-state index >= 15 is 0 Å². The van der Waals surface area contributed by atoms with E-state index in [4.69, 9.17) is 0 Å². The summed E-state index contributed by atoms with van der Waals surface area (Å²) in [7, 11) is 0. The van der Waals surface area contributed by atoms with Crippen molar-refractivity contribution in [2.45, 2.75) is 51.4 Å². The monoisotopic (exact) mass is 705 g/mol. The van der Waals surface area contributed by atoms with Crippen molar-refractivity contribution < 1.29 is 0 Å². The van der Waals surface area contributed by atoms with Crippen LogP contribution in [-0.4, -0.2) is 0 Å². The van der Waals surface area contributed by atoms with E-state index in [1.165, 1.54) is 108 Å². The first-order chi connectivity index (χ1) is 27.3. The Bertz CT molecular complexity index is 2650. The molecule has 55 heavy (non-hydrogen) atoms. The van der Waals surface area contributed by atoms with E-state index in [-0.39, 0.29) is 0 Å². The summed E-state index contributed by atoms with van der Waals surface area (Å²) in [4.78, 5) is 2.63. The van der Waals surface area contributed by atoms with Gasteiger partial charge in [0, 0.05) is 11.4 Å². The number of benzene rings is 9. The standard InChI is InChI=1S/C54H43N/c1-3-12-36(13-4-1)38-26-30-45(31-27-38)55(46-32-28-39(29-33-46)37-14-5-2-6-15-37)54-49-20-9-7-18-47(49)53(48-19-8-10-21-50(48)54)44-34-42-24-22-40-16-11-17-41-23-25-43(35-44)52(42)51(40)41/h1-6,11-17,22-35H,7-10,18-21H2. The van der Waals surface area contributed by atoms with Crippen molar-refractivity contribution in [3.63, 3.8) is 0 Å². The molecule has 0 unspecified atom stereocenters. The zero-order valence-corrected chi connectivity index (χ0v) is 31.2. The summed E-state index contributed by atoms with van der Waals surface area (Å²) in [5, 5.41) is 8.17. The van der Waals surface area contributed by atoms with Gasteiger partial charge in [0.05, 0.1) is 5.69 Å². The molecular formula is C54H43N. The highest BCUT2D eigenvalue weighted by Gasteiger charge is 2.31. The number of fused-ring (bicyclic) bond motifs is 2. The molecule has 2 aliphatic rings. The van der Waals surface area contributed by atoms with Crippen molar-refractivity contribution in [1.82, 2.24) is 0 Å². The van der Waals surface area contributed by atoms with Gasteiger partial charge in [0.15, 0.2) is 0 Å². The lowest BCUT2D eigenvalue weighted by Crippen LogP contribution is -2.22. The number of anilines is 3. The lowest BCUT2D eigenvalue weighted by molar-refractivity contribution is 0.661. The molecule has 0 atom stereocenters. The summed E-state index contributed by atoms with van der Waals surface area (Å²) >= 11 is 0. The van der Waals surface area contributed by atoms with Gasteiger partial charge >= 0.3 is 0 Å². The van der Waals surface area contributed by atoms with Crippen molar-refractivity contribution in [3.8, 4) is 33.4 Å². The smallest absolute Gasteiger partial charge is 0.0531 e. The summed E-state index contributed by atoms with van der Waals surface area (Å²) in [6, 6.07) is 61.3. The molecule has 0 amide bonds. The fourth-order valence-electron chi connectivity index (χ4n) is 10.0. The van der Waals surface area contributed by atoms with Crippen LogP contribution in [0.25, 0.3) is 65.7 Å². The fourth-order valence-corrected chi connectivity index (χ4v) is 10.0. The number of nitrogens with zero attached hydrogens (tertiary/aromatic N) is 1. The van der Waals surface area contributed by atoms with E-state index in [2.05, 4.69) is 169 Å². The van der Waals surface area contributed by atoms with E-state index in [0.29, 0.717) is 0 Å². The second-order valence-corrected chi connectivity index (χ2v) is 15.7. The van der Waals surface area contributed by atoms with Crippen molar-refractivity contribution in [2.75, 3.05) is 4.90 Å². The minimum Gasteiger partial charge on any atom is -0.310 e. The summed E-state index contributed by atoms with van der Waals surface area (Å²) in [6.07, 6.45) is 9.42. The van der Waals surface area contributed by atoms with Crippen LogP contribution < -0.4 is 4.90 Å². The van der Waals surface area contributed by atoms with Crippen LogP contribution in [0, 0.1) is 0 Å². The summed E-state index contributed by atoms with van der Waals surface area (Å²) < 4.78 is 0. The van der Waals surface area contributed by atoms with Crippen LogP contribution in [0.15, 0.2) is 164 Å². The lowest BCUT2D eigenvalue weighted by Gasteiger charge is -2.37. The first kappa shape index (κ1) is 32.3. The Morgan fingerprint density at radius 3 is 1.18 bits per heavy atom. The summed E-state index contributed by atoms with van der Waals surface area (Å²) in [5.41, 5.74) is 18.1. The minimum atomic E-state index is 1.11. The van der Waals surface area contributed by atoms with Crippen molar-refractivity contribution in [1.29, 1.82) is 0 Å². The van der Waals surface area contributed by atoms with Crippen LogP contribution in [0.4, 0.5) is 17.1 Å². The normalized spacial score (nSPS) is 14.0. The third-order valence-corrected chi connectivity index (χ3v) is 12.6. The van der Waals surface area contributed by atoms with Crippen LogP contribution in [0.3, 0.4) is 0 Å². The average molecular weight is 706 g/mol. The van der Waals surface area contributed by atoms with E-state index < -0.39 is 0 Å². The summed E-state index contributed by atoms with van der Waals surface area (Å²) in [6.45, 7) is 0. The van der Waals surface area contributed by atoms with Gasteiger partial charge in [-0.15, -0.1) is 0 Å². The molecule has 0 aliphatic heterocycles. The highest BCUT2D eigenvalue weighted by molar-refractivity contribution is 6.23. The molecule has 0 radical (unpaired) electrons. The molecule has 9 aromatic carbocycles. The van der Waals surface area contributed by atoms with E-state index in [1.807, 2.05) is 0 Å². The Hall–Kier alpha value is -6.18. The molecule has 0 heterocycles. The van der Waals surface area contributed by atoms with Gasteiger partial charge in [-0.2, -0.15) is 0 Å². The Morgan fingerprint density at radius 2 is 0.709 bits per heavy atom. The lowest BCUT2D eigenvalue weighted by atomic mass is 9.75. The number of hydrogen-bond donors (Lipinski definition) is 0. The van der Waals surface area contributed by atoms with Gasteiger partial charge in [-0.1, -0.05) is 127 Å². The molecule has 11 rings (SSSR count). The molecule has 0 saturated carbocycles. The molecule has 0 spiro atoms. The quantitative estimate of drug-likeness (QED) is 0.156. The van der Waals surface area contributed by atoms with Crippen molar-refractivity contribution in [3.05, 3.63) is 186 Å². The molecule has 264 valence electrons. The molecule has 1 nitrogen and oxygen atoms in total. The van der Waals surface area contributed by atoms with Gasteiger partial charge < -0.3 is 4.90 Å². The van der Waals surface area contributed by atoms with E-state index in [1.54, 1.807) is 22.3 Å². The third kappa shape index (κ3) is 5.44. The molecule has 0 bridgehead atoms. The SMILES string of the molecule is c1ccc(-c2ccc(N(c3ccc(-c4ccccc4)cc3)c3c4c(c(-c5cc6ccc7cccc8ccc(c5)c6c78)c5c3CCCC5)CCCC4)cc2)cc1. The average Bonchev–Trinajstić information content (AvgIpc) is 3.26. The highest BCUT2D eigenvalue weighted by Crippen LogP contribution is 2.51. The predicted molar refractivity (Wildman–Crippen MR) is 234 cm³/mol. The molecule has 9 aromatic rings. The topological polar surface area (TPSA) is 3.24 Å². The van der Waals surface area contributed by atoms with Gasteiger partial charge in [0.1, 0.15) is 0 Å². The first-order valence-electron chi connectivity index (χ1n) is 20.3. The van der Waals surface area contributed by atoms with Gasteiger partial charge in [0.2, 0.25) is 0 Å².